The molecule has 1 saturated carbocycles. The van der Waals surface area contributed by atoms with Crippen LogP contribution in [0.15, 0.2) is 0 Å². The Morgan fingerprint density at radius 2 is 1.67 bits per heavy atom. The van der Waals surface area contributed by atoms with Gasteiger partial charge in [-0.05, 0) is 33.6 Å². The summed E-state index contributed by atoms with van der Waals surface area (Å²) in [5, 5.41) is 4.56. The first-order valence-electron chi connectivity index (χ1n) is 7.91. The summed E-state index contributed by atoms with van der Waals surface area (Å²) in [7, 11) is 0. The third-order valence-electron chi connectivity index (χ3n) is 3.82. The van der Waals surface area contributed by atoms with E-state index in [4.69, 9.17) is 0 Å². The maximum Gasteiger partial charge on any atom is 0.334 e. The summed E-state index contributed by atoms with van der Waals surface area (Å²) >= 11 is 0. The fourth-order valence-electron chi connectivity index (χ4n) is 2.83. The number of hydrogen-bond acceptors (Lipinski definition) is 5. The predicted octanol–water partition coefficient (Wildman–Crippen LogP) is 0.344. The number of carbonyl (C=O) groups excluding carboxylic acids is 5. The summed E-state index contributed by atoms with van der Waals surface area (Å²) in [5.74, 6) is -2.77. The van der Waals surface area contributed by atoms with Gasteiger partial charge in [0.2, 0.25) is 5.91 Å². The third kappa shape index (κ3) is 3.90. The molecule has 0 aromatic heterocycles. The Kier molecular flexibility index (Phi) is 4.91. The molecule has 0 aromatic rings. The molecule has 0 unspecified atom stereocenters. The fourth-order valence-corrected chi connectivity index (χ4v) is 2.83. The minimum atomic E-state index is -1.03. The smallest absolute Gasteiger partial charge is 0.333 e. The van der Waals surface area contributed by atoms with Crippen LogP contribution >= 0.6 is 0 Å². The van der Waals surface area contributed by atoms with Gasteiger partial charge in [0.1, 0.15) is 6.54 Å². The molecule has 2 rings (SSSR count). The van der Waals surface area contributed by atoms with Crippen LogP contribution in [0, 0.1) is 0 Å². The zero-order valence-electron chi connectivity index (χ0n) is 14.0. The van der Waals surface area contributed by atoms with Gasteiger partial charge in [0.25, 0.3) is 0 Å². The van der Waals surface area contributed by atoms with Crippen molar-refractivity contribution in [2.24, 2.45) is 0 Å². The second kappa shape index (κ2) is 6.58. The van der Waals surface area contributed by atoms with Crippen molar-refractivity contribution < 1.29 is 24.0 Å². The normalized spacial score (nSPS) is 19.2. The van der Waals surface area contributed by atoms with Gasteiger partial charge in [0.05, 0.1) is 0 Å². The lowest BCUT2D eigenvalue weighted by Crippen LogP contribution is -2.51. The van der Waals surface area contributed by atoms with Crippen LogP contribution < -0.4 is 10.6 Å². The molecule has 2 N–H and O–H groups in total. The lowest BCUT2D eigenvalue weighted by Gasteiger charge is -2.22. The van der Waals surface area contributed by atoms with E-state index in [1.54, 1.807) is 20.8 Å². The van der Waals surface area contributed by atoms with Gasteiger partial charge >= 0.3 is 23.9 Å². The largest absolute Gasteiger partial charge is 0.334 e. The van der Waals surface area contributed by atoms with E-state index in [0.29, 0.717) is 17.7 Å². The molecule has 0 bridgehead atoms. The number of amides is 7. The van der Waals surface area contributed by atoms with Gasteiger partial charge in [-0.1, -0.05) is 12.8 Å². The molecule has 0 aromatic carbocycles. The van der Waals surface area contributed by atoms with Gasteiger partial charge < -0.3 is 5.32 Å². The second-order valence-electron chi connectivity index (χ2n) is 7.04. The van der Waals surface area contributed by atoms with Crippen LogP contribution in [-0.2, 0) is 14.4 Å². The maximum absolute atomic E-state index is 12.3. The fraction of sp³-hybridized carbons (Fsp3) is 0.667. The van der Waals surface area contributed by atoms with Crippen molar-refractivity contribution in [1.82, 2.24) is 20.4 Å². The first-order valence-corrected chi connectivity index (χ1v) is 7.91. The van der Waals surface area contributed by atoms with Crippen LogP contribution in [0.3, 0.4) is 0 Å². The molecule has 2 fully saturated rings. The van der Waals surface area contributed by atoms with E-state index in [0.717, 1.165) is 17.7 Å². The van der Waals surface area contributed by atoms with Crippen LogP contribution in [0.4, 0.5) is 9.59 Å². The monoisotopic (exact) mass is 338 g/mol. The highest BCUT2D eigenvalue weighted by molar-refractivity contribution is 6.45. The van der Waals surface area contributed by atoms with E-state index in [1.165, 1.54) is 0 Å². The highest BCUT2D eigenvalue weighted by atomic mass is 16.2. The molecule has 0 spiro atoms. The standard InChI is InChI=1S/C15H22N4O5/c1-15(2,3)17-13(23)16-10(20)8-18-11(21)12(22)19(14(18)24)9-6-4-5-7-9/h9H,4-8H2,1-3H3,(H2,16,17,20,23). The van der Waals surface area contributed by atoms with Gasteiger partial charge in [-0.25, -0.2) is 14.5 Å². The molecule has 9 heteroatoms. The van der Waals surface area contributed by atoms with Crippen LogP contribution in [-0.4, -0.2) is 57.7 Å². The molecule has 0 radical (unpaired) electrons. The average Bonchev–Trinajstić information content (AvgIpc) is 3.01. The van der Waals surface area contributed by atoms with Crippen LogP contribution in [0.2, 0.25) is 0 Å². The van der Waals surface area contributed by atoms with E-state index in [-0.39, 0.29) is 6.04 Å². The van der Waals surface area contributed by atoms with Crippen molar-refractivity contribution in [1.29, 1.82) is 0 Å². The number of nitrogens with zero attached hydrogens (tertiary/aromatic N) is 2. The van der Waals surface area contributed by atoms with E-state index in [2.05, 4.69) is 5.32 Å². The van der Waals surface area contributed by atoms with E-state index < -0.39 is 41.9 Å². The van der Waals surface area contributed by atoms with Gasteiger partial charge in [-0.15, -0.1) is 0 Å². The second-order valence-corrected chi connectivity index (χ2v) is 7.04. The minimum Gasteiger partial charge on any atom is -0.333 e. The Morgan fingerprint density at radius 3 is 2.21 bits per heavy atom. The Hall–Kier alpha value is -2.45. The van der Waals surface area contributed by atoms with Gasteiger partial charge in [0, 0.05) is 11.6 Å². The first kappa shape index (κ1) is 17.9. The van der Waals surface area contributed by atoms with Crippen LogP contribution in [0.5, 0.6) is 0 Å². The van der Waals surface area contributed by atoms with Crippen molar-refractivity contribution >= 4 is 29.8 Å². The molecule has 1 saturated heterocycles. The number of nitrogens with one attached hydrogen (secondary N) is 2. The Balaban J connectivity index is 1.97. The number of urea groups is 2. The number of carbonyl (C=O) groups is 5. The zero-order chi connectivity index (χ0) is 18.1. The highest BCUT2D eigenvalue weighted by Gasteiger charge is 2.48. The lowest BCUT2D eigenvalue weighted by atomic mass is 10.1. The summed E-state index contributed by atoms with van der Waals surface area (Å²) in [5.41, 5.74) is -0.543. The number of hydrogen-bond donors (Lipinski definition) is 2. The van der Waals surface area contributed by atoms with E-state index >= 15 is 0 Å². The third-order valence-corrected chi connectivity index (χ3v) is 3.82. The van der Waals surface area contributed by atoms with Gasteiger partial charge in [-0.3, -0.25) is 24.6 Å². The molecule has 1 aliphatic carbocycles. The lowest BCUT2D eigenvalue weighted by molar-refractivity contribution is -0.144. The van der Waals surface area contributed by atoms with Gasteiger partial charge in [-0.2, -0.15) is 0 Å². The molecule has 0 atom stereocenters. The highest BCUT2D eigenvalue weighted by Crippen LogP contribution is 2.27. The maximum atomic E-state index is 12.3. The van der Waals surface area contributed by atoms with Crippen LogP contribution in [0.1, 0.15) is 46.5 Å². The van der Waals surface area contributed by atoms with Crippen molar-refractivity contribution in [2.45, 2.75) is 58.0 Å². The molecular formula is C15H22N4O5. The number of rotatable bonds is 3. The SMILES string of the molecule is CC(C)(C)NC(=O)NC(=O)CN1C(=O)C(=O)N(C2CCCC2)C1=O. The predicted molar refractivity (Wildman–Crippen MR) is 82.6 cm³/mol. The Morgan fingerprint density at radius 1 is 1.08 bits per heavy atom. The molecule has 1 heterocycles. The van der Waals surface area contributed by atoms with Crippen molar-refractivity contribution in [3.8, 4) is 0 Å². The molecular weight excluding hydrogens is 316 g/mol. The molecule has 7 amide bonds. The summed E-state index contributed by atoms with van der Waals surface area (Å²) in [6, 6.07) is -1.81. The van der Waals surface area contributed by atoms with Crippen LogP contribution in [0.25, 0.3) is 0 Å². The molecule has 1 aliphatic heterocycles. The van der Waals surface area contributed by atoms with Crippen molar-refractivity contribution in [2.75, 3.05) is 6.54 Å². The average molecular weight is 338 g/mol. The number of imide groups is 3. The zero-order valence-corrected chi connectivity index (χ0v) is 14.0. The van der Waals surface area contributed by atoms with E-state index in [1.807, 2.05) is 5.32 Å². The first-order chi connectivity index (χ1) is 11.1. The summed E-state index contributed by atoms with van der Waals surface area (Å²) < 4.78 is 0. The van der Waals surface area contributed by atoms with Crippen molar-refractivity contribution in [3.05, 3.63) is 0 Å². The summed E-state index contributed by atoms with van der Waals surface area (Å²) in [6.45, 7) is 4.55. The molecule has 24 heavy (non-hydrogen) atoms. The summed E-state index contributed by atoms with van der Waals surface area (Å²) in [6.07, 6.45) is 3.12. The molecule has 132 valence electrons. The quantitative estimate of drug-likeness (QED) is 0.569. The Labute approximate surface area is 139 Å². The minimum absolute atomic E-state index is 0.286. The van der Waals surface area contributed by atoms with E-state index in [9.17, 15) is 24.0 Å². The molecule has 9 nitrogen and oxygen atoms in total. The summed E-state index contributed by atoms with van der Waals surface area (Å²) in [4.78, 5) is 61.3. The van der Waals surface area contributed by atoms with Crippen molar-refractivity contribution in [3.63, 3.8) is 0 Å². The van der Waals surface area contributed by atoms with Gasteiger partial charge in [0.15, 0.2) is 0 Å². The molecule has 2 aliphatic rings. The topological polar surface area (TPSA) is 116 Å². The Bertz CT molecular complexity index is 589.